The van der Waals surface area contributed by atoms with E-state index >= 15 is 0 Å². The lowest BCUT2D eigenvalue weighted by molar-refractivity contribution is -0.160. The van der Waals surface area contributed by atoms with Gasteiger partial charge in [-0.25, -0.2) is 4.79 Å². The zero-order valence-electron chi connectivity index (χ0n) is 11.2. The highest BCUT2D eigenvalue weighted by Crippen LogP contribution is 2.17. The van der Waals surface area contributed by atoms with Gasteiger partial charge in [-0.1, -0.05) is 0 Å². The molecule has 11 heteroatoms. The lowest BCUT2D eigenvalue weighted by atomic mass is 9.93. The van der Waals surface area contributed by atoms with E-state index in [-0.39, 0.29) is 0 Å². The van der Waals surface area contributed by atoms with Crippen molar-refractivity contribution >= 4 is 29.8 Å². The monoisotopic (exact) mass is 321 g/mol. The van der Waals surface area contributed by atoms with E-state index in [1.165, 1.54) is 0 Å². The second-order valence-corrected chi connectivity index (χ2v) is 4.47. The maximum atomic E-state index is 11.8. The summed E-state index contributed by atoms with van der Waals surface area (Å²) in [6, 6.07) is -1.71. The molecule has 0 aromatic carbocycles. The van der Waals surface area contributed by atoms with E-state index in [9.17, 15) is 29.1 Å². The minimum atomic E-state index is -2.85. The number of carbonyl (C=O) groups excluding carboxylic acids is 1. The summed E-state index contributed by atoms with van der Waals surface area (Å²) in [6.07, 6.45) is -3.63. The van der Waals surface area contributed by atoms with Gasteiger partial charge in [-0.2, -0.15) is 0 Å². The number of aliphatic carboxylic acids is 4. The Kier molecular flexibility index (Phi) is 6.96. The third-order valence-corrected chi connectivity index (χ3v) is 2.56. The molecule has 0 aliphatic carbocycles. The molecule has 0 aliphatic heterocycles. The third kappa shape index (κ3) is 6.65. The predicted octanol–water partition coefficient (Wildman–Crippen LogP) is -1.90. The second kappa shape index (κ2) is 7.93. The highest BCUT2D eigenvalue weighted by molar-refractivity contribution is 5.94. The zero-order valence-corrected chi connectivity index (χ0v) is 11.2. The van der Waals surface area contributed by atoms with E-state index < -0.39 is 67.1 Å². The Balaban J connectivity index is 5.11. The summed E-state index contributed by atoms with van der Waals surface area (Å²) in [5.41, 5.74) is -2.85. The molecule has 1 amide bonds. The van der Waals surface area contributed by atoms with Crippen molar-refractivity contribution in [2.75, 3.05) is 0 Å². The fourth-order valence-electron chi connectivity index (χ4n) is 1.54. The van der Waals surface area contributed by atoms with Crippen LogP contribution in [0.2, 0.25) is 0 Å². The minimum absolute atomic E-state index is 0.521. The Labute approximate surface area is 123 Å². The molecule has 6 N–H and O–H groups in total. The van der Waals surface area contributed by atoms with Crippen LogP contribution in [0.25, 0.3) is 0 Å². The van der Waals surface area contributed by atoms with Crippen LogP contribution in [0.5, 0.6) is 0 Å². The molecule has 11 nitrogen and oxygen atoms in total. The van der Waals surface area contributed by atoms with E-state index in [1.54, 1.807) is 5.32 Å². The molecule has 0 aliphatic rings. The quantitative estimate of drug-likeness (QED) is 0.264. The minimum Gasteiger partial charge on any atom is -0.481 e. The van der Waals surface area contributed by atoms with Gasteiger partial charge < -0.3 is 30.8 Å². The lowest BCUT2D eigenvalue weighted by Gasteiger charge is -2.25. The molecule has 0 aromatic rings. The van der Waals surface area contributed by atoms with Crippen molar-refractivity contribution in [1.82, 2.24) is 5.32 Å². The summed E-state index contributed by atoms with van der Waals surface area (Å²) < 4.78 is 0. The SMILES string of the molecule is O=C(O)CC[C@H](NC(=O)C(O)(CC(=O)O)CC(=O)O)C(=O)O. The fraction of sp³-hybridized carbons (Fsp3) is 0.545. The largest absolute Gasteiger partial charge is 0.481 e. The van der Waals surface area contributed by atoms with Crippen LogP contribution in [-0.2, 0) is 24.0 Å². The maximum absolute atomic E-state index is 11.8. The van der Waals surface area contributed by atoms with Crippen molar-refractivity contribution in [3.05, 3.63) is 0 Å². The summed E-state index contributed by atoms with van der Waals surface area (Å²) in [5.74, 6) is -7.79. The molecule has 0 fully saturated rings. The first kappa shape index (κ1) is 19.3. The van der Waals surface area contributed by atoms with E-state index in [0.29, 0.717) is 0 Å². The van der Waals surface area contributed by atoms with Gasteiger partial charge in [0.1, 0.15) is 6.04 Å². The number of carboxylic acids is 4. The summed E-state index contributed by atoms with van der Waals surface area (Å²) in [6.45, 7) is 0. The fourth-order valence-corrected chi connectivity index (χ4v) is 1.54. The topological polar surface area (TPSA) is 199 Å². The number of hydrogen-bond donors (Lipinski definition) is 6. The summed E-state index contributed by atoms with van der Waals surface area (Å²) >= 11 is 0. The van der Waals surface area contributed by atoms with Gasteiger partial charge in [-0.15, -0.1) is 0 Å². The van der Waals surface area contributed by atoms with E-state index in [0.717, 1.165) is 0 Å². The lowest BCUT2D eigenvalue weighted by Crippen LogP contribution is -2.54. The summed E-state index contributed by atoms with van der Waals surface area (Å²) in [7, 11) is 0. The average molecular weight is 321 g/mol. The number of amides is 1. The van der Waals surface area contributed by atoms with Crippen molar-refractivity contribution in [2.24, 2.45) is 0 Å². The van der Waals surface area contributed by atoms with Gasteiger partial charge in [0.2, 0.25) is 0 Å². The summed E-state index contributed by atoms with van der Waals surface area (Å²) in [5, 5.41) is 46.1. The Morgan fingerprint density at radius 2 is 1.32 bits per heavy atom. The normalized spacial score (nSPS) is 12.2. The Bertz CT molecular complexity index is 469. The molecular formula is C11H15NO10. The molecule has 0 aromatic heterocycles. The van der Waals surface area contributed by atoms with Crippen LogP contribution in [0.1, 0.15) is 25.7 Å². The van der Waals surface area contributed by atoms with Gasteiger partial charge in [0.25, 0.3) is 5.91 Å². The van der Waals surface area contributed by atoms with Crippen LogP contribution in [0.15, 0.2) is 0 Å². The van der Waals surface area contributed by atoms with Gasteiger partial charge in [-0.3, -0.25) is 19.2 Å². The number of hydrogen-bond acceptors (Lipinski definition) is 6. The molecule has 22 heavy (non-hydrogen) atoms. The highest BCUT2D eigenvalue weighted by Gasteiger charge is 2.42. The molecule has 0 saturated heterocycles. The average Bonchev–Trinajstić information content (AvgIpc) is 2.31. The van der Waals surface area contributed by atoms with Crippen molar-refractivity contribution in [2.45, 2.75) is 37.3 Å². The van der Waals surface area contributed by atoms with Gasteiger partial charge in [0.05, 0.1) is 12.8 Å². The van der Waals surface area contributed by atoms with Crippen LogP contribution in [0.3, 0.4) is 0 Å². The number of rotatable bonds is 10. The number of carbonyl (C=O) groups is 5. The van der Waals surface area contributed by atoms with Crippen molar-refractivity contribution in [3.8, 4) is 0 Å². The van der Waals surface area contributed by atoms with Crippen LogP contribution in [0, 0.1) is 0 Å². The third-order valence-electron chi connectivity index (χ3n) is 2.56. The van der Waals surface area contributed by atoms with E-state index in [1.807, 2.05) is 0 Å². The molecule has 0 rings (SSSR count). The van der Waals surface area contributed by atoms with Gasteiger partial charge in [-0.05, 0) is 6.42 Å². The standard InChI is InChI=1S/C11H15NO10/c13-6(14)2-1-5(9(19)20)12-10(21)11(22,3-7(15)16)4-8(17)18/h5,22H,1-4H2,(H,12,21)(H,13,14)(H,15,16)(H,17,18)(H,19,20)/t5-/m0/s1. The first-order valence-electron chi connectivity index (χ1n) is 5.89. The van der Waals surface area contributed by atoms with Crippen LogP contribution in [-0.4, -0.2) is 67.0 Å². The van der Waals surface area contributed by atoms with Gasteiger partial charge in [0, 0.05) is 6.42 Å². The molecule has 0 bridgehead atoms. The molecule has 0 heterocycles. The molecular weight excluding hydrogens is 306 g/mol. The zero-order chi connectivity index (χ0) is 17.5. The number of aliphatic hydroxyl groups is 1. The van der Waals surface area contributed by atoms with Crippen LogP contribution in [0.4, 0.5) is 0 Å². The van der Waals surface area contributed by atoms with Crippen molar-refractivity contribution in [1.29, 1.82) is 0 Å². The Morgan fingerprint density at radius 3 is 1.64 bits per heavy atom. The highest BCUT2D eigenvalue weighted by atomic mass is 16.4. The Hall–Kier alpha value is -2.69. The van der Waals surface area contributed by atoms with Crippen LogP contribution >= 0.6 is 0 Å². The molecule has 0 unspecified atom stereocenters. The molecule has 0 saturated carbocycles. The first-order valence-corrected chi connectivity index (χ1v) is 5.89. The van der Waals surface area contributed by atoms with E-state index in [2.05, 4.69) is 0 Å². The van der Waals surface area contributed by atoms with Gasteiger partial charge >= 0.3 is 23.9 Å². The summed E-state index contributed by atoms with van der Waals surface area (Å²) in [4.78, 5) is 54.3. The Morgan fingerprint density at radius 1 is 0.864 bits per heavy atom. The molecule has 0 spiro atoms. The number of nitrogens with one attached hydrogen (secondary N) is 1. The second-order valence-electron chi connectivity index (χ2n) is 4.47. The van der Waals surface area contributed by atoms with Crippen LogP contribution < -0.4 is 5.32 Å². The van der Waals surface area contributed by atoms with Crippen molar-refractivity contribution in [3.63, 3.8) is 0 Å². The molecule has 1 atom stereocenters. The smallest absolute Gasteiger partial charge is 0.326 e. The van der Waals surface area contributed by atoms with E-state index in [4.69, 9.17) is 20.4 Å². The molecule has 0 radical (unpaired) electrons. The predicted molar refractivity (Wildman–Crippen MR) is 65.9 cm³/mol. The molecule has 124 valence electrons. The van der Waals surface area contributed by atoms with Gasteiger partial charge in [0.15, 0.2) is 5.60 Å². The van der Waals surface area contributed by atoms with Crippen molar-refractivity contribution < 1.29 is 49.5 Å². The first-order chi connectivity index (χ1) is 9.97. The maximum Gasteiger partial charge on any atom is 0.326 e. The number of carboxylic acid groups (broad SMARTS) is 4.